The average Bonchev–Trinajstić information content (AvgIpc) is 2.70. The zero-order chi connectivity index (χ0) is 14.7. The highest BCUT2D eigenvalue weighted by molar-refractivity contribution is 6.43. The van der Waals surface area contributed by atoms with Crippen LogP contribution in [0, 0.1) is 0 Å². The maximum Gasteiger partial charge on any atom is 0.195 e. The van der Waals surface area contributed by atoms with E-state index in [4.69, 9.17) is 23.2 Å². The minimum atomic E-state index is -0.128. The molecular formula is C16H7Cl2NO2. The van der Waals surface area contributed by atoms with Gasteiger partial charge in [-0.1, -0.05) is 23.2 Å². The van der Waals surface area contributed by atoms with Gasteiger partial charge in [0.2, 0.25) is 0 Å². The monoisotopic (exact) mass is 315 g/mol. The number of halogens is 2. The molecule has 0 radical (unpaired) electrons. The molecule has 0 amide bonds. The number of pyridine rings is 1. The SMILES string of the molecule is O=C1c2cc(Cl)c(Cl)cc2-c2nc3ccc(O)cc3cc21. The van der Waals surface area contributed by atoms with Crippen LogP contribution in [0.3, 0.4) is 0 Å². The van der Waals surface area contributed by atoms with Crippen LogP contribution in [0.15, 0.2) is 36.4 Å². The lowest BCUT2D eigenvalue weighted by atomic mass is 10.1. The predicted octanol–water partition coefficient (Wildman–Crippen LogP) is 4.46. The van der Waals surface area contributed by atoms with Crippen molar-refractivity contribution in [1.29, 1.82) is 0 Å². The Labute approximate surface area is 129 Å². The number of fused-ring (bicyclic) bond motifs is 4. The van der Waals surface area contributed by atoms with Gasteiger partial charge in [-0.2, -0.15) is 0 Å². The third kappa shape index (κ3) is 1.75. The normalized spacial score (nSPS) is 12.6. The van der Waals surface area contributed by atoms with Gasteiger partial charge in [-0.25, -0.2) is 4.98 Å². The molecule has 1 aliphatic rings. The summed E-state index contributed by atoms with van der Waals surface area (Å²) in [5.41, 5.74) is 3.01. The molecule has 0 unspecified atom stereocenters. The third-order valence-corrected chi connectivity index (χ3v) is 4.33. The molecule has 0 saturated heterocycles. The van der Waals surface area contributed by atoms with Crippen LogP contribution < -0.4 is 0 Å². The van der Waals surface area contributed by atoms with Crippen LogP contribution in [0.2, 0.25) is 10.0 Å². The molecule has 1 aromatic heterocycles. The number of phenolic OH excluding ortho intramolecular Hbond substituents is 1. The van der Waals surface area contributed by atoms with E-state index >= 15 is 0 Å². The molecule has 5 heteroatoms. The van der Waals surface area contributed by atoms with Crippen LogP contribution in [0.4, 0.5) is 0 Å². The Kier molecular flexibility index (Phi) is 2.52. The molecule has 2 aromatic carbocycles. The Morgan fingerprint density at radius 3 is 2.38 bits per heavy atom. The van der Waals surface area contributed by atoms with Crippen molar-refractivity contribution in [3.8, 4) is 17.0 Å². The maximum absolute atomic E-state index is 12.5. The topological polar surface area (TPSA) is 50.2 Å². The van der Waals surface area contributed by atoms with Gasteiger partial charge in [0.1, 0.15) is 5.75 Å². The van der Waals surface area contributed by atoms with Gasteiger partial charge < -0.3 is 5.11 Å². The van der Waals surface area contributed by atoms with Gasteiger partial charge in [0.05, 0.1) is 21.3 Å². The lowest BCUT2D eigenvalue weighted by Crippen LogP contribution is -1.95. The van der Waals surface area contributed by atoms with Gasteiger partial charge in [0.15, 0.2) is 5.78 Å². The molecule has 0 saturated carbocycles. The van der Waals surface area contributed by atoms with Gasteiger partial charge >= 0.3 is 0 Å². The van der Waals surface area contributed by atoms with E-state index in [-0.39, 0.29) is 11.5 Å². The number of rotatable bonds is 0. The number of hydrogen-bond acceptors (Lipinski definition) is 3. The molecule has 3 nitrogen and oxygen atoms in total. The molecule has 0 fully saturated rings. The van der Waals surface area contributed by atoms with Crippen molar-refractivity contribution < 1.29 is 9.90 Å². The number of benzene rings is 2. The Morgan fingerprint density at radius 1 is 0.905 bits per heavy atom. The molecule has 0 aliphatic heterocycles. The van der Waals surface area contributed by atoms with Crippen molar-refractivity contribution in [2.75, 3.05) is 0 Å². The molecule has 3 aromatic rings. The summed E-state index contributed by atoms with van der Waals surface area (Å²) in [4.78, 5) is 17.0. The molecule has 0 bridgehead atoms. The summed E-state index contributed by atoms with van der Waals surface area (Å²) in [7, 11) is 0. The zero-order valence-electron chi connectivity index (χ0n) is 10.5. The number of hydrogen-bond donors (Lipinski definition) is 1. The highest BCUT2D eigenvalue weighted by Gasteiger charge is 2.29. The van der Waals surface area contributed by atoms with Crippen molar-refractivity contribution in [2.45, 2.75) is 0 Å². The quantitative estimate of drug-likeness (QED) is 0.521. The van der Waals surface area contributed by atoms with E-state index in [1.165, 1.54) is 0 Å². The molecule has 0 atom stereocenters. The van der Waals surface area contributed by atoms with Crippen molar-refractivity contribution in [3.63, 3.8) is 0 Å². The van der Waals surface area contributed by atoms with Crippen LogP contribution >= 0.6 is 23.2 Å². The summed E-state index contributed by atoms with van der Waals surface area (Å²) < 4.78 is 0. The summed E-state index contributed by atoms with van der Waals surface area (Å²) in [5.74, 6) is 0.00890. The lowest BCUT2D eigenvalue weighted by molar-refractivity contribution is 0.104. The van der Waals surface area contributed by atoms with Crippen molar-refractivity contribution in [1.82, 2.24) is 4.98 Å². The lowest BCUT2D eigenvalue weighted by Gasteiger charge is -2.04. The minimum Gasteiger partial charge on any atom is -0.508 e. The van der Waals surface area contributed by atoms with Gasteiger partial charge in [-0.15, -0.1) is 0 Å². The highest BCUT2D eigenvalue weighted by atomic mass is 35.5. The molecule has 0 spiro atoms. The molecule has 1 aliphatic carbocycles. The molecule has 1 N–H and O–H groups in total. The van der Waals surface area contributed by atoms with Crippen molar-refractivity contribution in [3.05, 3.63) is 57.6 Å². The van der Waals surface area contributed by atoms with E-state index < -0.39 is 0 Å². The van der Waals surface area contributed by atoms with E-state index in [9.17, 15) is 9.90 Å². The number of aromatic nitrogens is 1. The summed E-state index contributed by atoms with van der Waals surface area (Å²) in [6.45, 7) is 0. The van der Waals surface area contributed by atoms with Gasteiger partial charge in [-0.05, 0) is 36.4 Å². The number of aromatic hydroxyl groups is 1. The number of phenols is 1. The van der Waals surface area contributed by atoms with E-state index in [0.717, 1.165) is 0 Å². The van der Waals surface area contributed by atoms with E-state index in [1.54, 1.807) is 36.4 Å². The minimum absolute atomic E-state index is 0.128. The van der Waals surface area contributed by atoms with Crippen LogP contribution in [-0.2, 0) is 0 Å². The number of carbonyl (C=O) groups excluding carboxylic acids is 1. The smallest absolute Gasteiger partial charge is 0.195 e. The Morgan fingerprint density at radius 2 is 1.62 bits per heavy atom. The summed E-state index contributed by atoms with van der Waals surface area (Å²) in [5, 5.41) is 11.0. The fourth-order valence-electron chi connectivity index (χ4n) is 2.62. The van der Waals surface area contributed by atoms with Crippen molar-refractivity contribution in [2.24, 2.45) is 0 Å². The zero-order valence-corrected chi connectivity index (χ0v) is 12.0. The number of ketones is 1. The first-order valence-electron chi connectivity index (χ1n) is 6.22. The van der Waals surface area contributed by atoms with Crippen molar-refractivity contribution >= 4 is 39.9 Å². The Balaban J connectivity index is 2.08. The third-order valence-electron chi connectivity index (χ3n) is 3.60. The van der Waals surface area contributed by atoms with Crippen LogP contribution in [0.5, 0.6) is 5.75 Å². The fraction of sp³-hybridized carbons (Fsp3) is 0. The van der Waals surface area contributed by atoms with Gasteiger partial charge in [0.25, 0.3) is 0 Å². The average molecular weight is 316 g/mol. The molecule has 1 heterocycles. The molecule has 21 heavy (non-hydrogen) atoms. The maximum atomic E-state index is 12.5. The fourth-order valence-corrected chi connectivity index (χ4v) is 2.95. The van der Waals surface area contributed by atoms with E-state index in [2.05, 4.69) is 4.98 Å². The second kappa shape index (κ2) is 4.20. The summed E-state index contributed by atoms with van der Waals surface area (Å²) in [6, 6.07) is 9.84. The van der Waals surface area contributed by atoms with Crippen LogP contribution in [0.25, 0.3) is 22.2 Å². The second-order valence-electron chi connectivity index (χ2n) is 4.90. The predicted molar refractivity (Wildman–Crippen MR) is 82.3 cm³/mol. The second-order valence-corrected chi connectivity index (χ2v) is 5.72. The highest BCUT2D eigenvalue weighted by Crippen LogP contribution is 2.40. The van der Waals surface area contributed by atoms with E-state index in [1.807, 2.05) is 0 Å². The first kappa shape index (κ1) is 12.6. The van der Waals surface area contributed by atoms with Crippen LogP contribution in [-0.4, -0.2) is 15.9 Å². The number of carbonyl (C=O) groups is 1. The van der Waals surface area contributed by atoms with E-state index in [0.29, 0.717) is 43.3 Å². The Bertz CT molecular complexity index is 951. The van der Waals surface area contributed by atoms with Crippen LogP contribution in [0.1, 0.15) is 15.9 Å². The van der Waals surface area contributed by atoms with Gasteiger partial charge in [-0.3, -0.25) is 4.79 Å². The standard InChI is InChI=1S/C16H7Cl2NO2/c17-12-5-9-10(6-13(12)18)16(21)11-4-7-3-8(20)1-2-14(7)19-15(9)11/h1-6,20H. The first-order valence-corrected chi connectivity index (χ1v) is 6.98. The van der Waals surface area contributed by atoms with Gasteiger partial charge in [0, 0.05) is 22.1 Å². The Hall–Kier alpha value is -2.10. The summed E-state index contributed by atoms with van der Waals surface area (Å²) in [6.07, 6.45) is 0. The number of nitrogens with zero attached hydrogens (tertiary/aromatic N) is 1. The largest absolute Gasteiger partial charge is 0.508 e. The molecule has 4 rings (SSSR count). The molecular weight excluding hydrogens is 309 g/mol. The molecule has 102 valence electrons. The summed E-state index contributed by atoms with van der Waals surface area (Å²) >= 11 is 12.0. The first-order chi connectivity index (χ1) is 10.0.